The molecule has 0 atom stereocenters. The molecule has 1 heterocycles. The van der Waals surface area contributed by atoms with Crippen molar-refractivity contribution in [3.63, 3.8) is 0 Å². The molecule has 0 spiro atoms. The quantitative estimate of drug-likeness (QED) is 0.657. The number of fused-ring (bicyclic) bond motifs is 1. The molecule has 3 rings (SSSR count). The minimum absolute atomic E-state index is 0.0286. The Hall–Kier alpha value is -3.16. The first-order valence-electron chi connectivity index (χ1n) is 9.32. The topological polar surface area (TPSA) is 72.2 Å². The second-order valence-electron chi connectivity index (χ2n) is 8.09. The van der Waals surface area contributed by atoms with Crippen molar-refractivity contribution in [1.29, 1.82) is 0 Å². The van der Waals surface area contributed by atoms with Gasteiger partial charge in [0.25, 0.3) is 5.56 Å². The zero-order valence-electron chi connectivity index (χ0n) is 16.7. The van der Waals surface area contributed by atoms with Crippen LogP contribution < -0.4 is 5.56 Å². The van der Waals surface area contributed by atoms with Gasteiger partial charge in [-0.2, -0.15) is 13.2 Å². The summed E-state index contributed by atoms with van der Waals surface area (Å²) in [4.78, 5) is 28.5. The Balaban J connectivity index is 2.22. The lowest BCUT2D eigenvalue weighted by Crippen LogP contribution is -2.33. The number of carbonyl (C=O) groups is 1. The van der Waals surface area contributed by atoms with Gasteiger partial charge in [-0.25, -0.2) is 4.98 Å². The van der Waals surface area contributed by atoms with E-state index >= 15 is 0 Å². The monoisotopic (exact) mass is 418 g/mol. The molecule has 0 bridgehead atoms. The van der Waals surface area contributed by atoms with Crippen LogP contribution in [0.1, 0.15) is 38.4 Å². The zero-order chi connectivity index (χ0) is 22.3. The van der Waals surface area contributed by atoms with Crippen LogP contribution in [0, 0.1) is 0 Å². The van der Waals surface area contributed by atoms with E-state index in [1.165, 1.54) is 10.6 Å². The van der Waals surface area contributed by atoms with Crippen LogP contribution in [0.4, 0.5) is 13.2 Å². The maximum atomic E-state index is 13.1. The highest BCUT2D eigenvalue weighted by atomic mass is 19.4. The van der Waals surface area contributed by atoms with Crippen molar-refractivity contribution in [3.8, 4) is 11.1 Å². The molecule has 0 saturated carbocycles. The molecule has 0 saturated heterocycles. The van der Waals surface area contributed by atoms with Gasteiger partial charge in [-0.3, -0.25) is 9.59 Å². The van der Waals surface area contributed by atoms with Crippen LogP contribution in [0.15, 0.2) is 47.3 Å². The summed E-state index contributed by atoms with van der Waals surface area (Å²) in [6.07, 6.45) is -4.69. The fraction of sp³-hybridized carbons (Fsp3) is 0.318. The molecule has 2 aromatic carbocycles. The molecule has 0 aliphatic rings. The van der Waals surface area contributed by atoms with Crippen molar-refractivity contribution in [3.05, 3.63) is 64.1 Å². The summed E-state index contributed by atoms with van der Waals surface area (Å²) in [5, 5.41) is 9.03. The van der Waals surface area contributed by atoms with Gasteiger partial charge in [0.05, 0.1) is 23.0 Å². The van der Waals surface area contributed by atoms with Crippen LogP contribution in [-0.2, 0) is 22.9 Å². The smallest absolute Gasteiger partial charge is 0.416 e. The fourth-order valence-electron chi connectivity index (χ4n) is 3.22. The van der Waals surface area contributed by atoms with Crippen molar-refractivity contribution in [1.82, 2.24) is 9.55 Å². The van der Waals surface area contributed by atoms with E-state index in [4.69, 9.17) is 5.11 Å². The number of hydrogen-bond donors (Lipinski definition) is 1. The predicted octanol–water partition coefficient (Wildman–Crippen LogP) is 4.85. The standard InChI is InChI=1S/C22H21F3N2O3/c1-21(2,3)19-20(30)27(10-9-18(28)29)17-8-7-14(12-16(17)26-19)13-5-4-6-15(11-13)22(23,24)25/h4-8,11-12H,9-10H2,1-3H3,(H,28,29). The normalized spacial score (nSPS) is 12.3. The molecular formula is C22H21F3N2O3. The molecule has 0 radical (unpaired) electrons. The highest BCUT2D eigenvalue weighted by Crippen LogP contribution is 2.33. The number of rotatable bonds is 4. The number of aryl methyl sites for hydroxylation is 1. The molecule has 0 aliphatic heterocycles. The average Bonchev–Trinajstić information content (AvgIpc) is 2.65. The minimum Gasteiger partial charge on any atom is -0.481 e. The SMILES string of the molecule is CC(C)(C)c1nc2cc(-c3cccc(C(F)(F)F)c3)ccc2n(CCC(=O)O)c1=O. The second-order valence-corrected chi connectivity index (χ2v) is 8.09. The number of hydrogen-bond acceptors (Lipinski definition) is 3. The molecular weight excluding hydrogens is 397 g/mol. The van der Waals surface area contributed by atoms with Crippen molar-refractivity contribution < 1.29 is 23.1 Å². The summed E-state index contributed by atoms with van der Waals surface area (Å²) in [5.74, 6) is -1.04. The predicted molar refractivity (Wildman–Crippen MR) is 107 cm³/mol. The molecule has 0 aliphatic carbocycles. The lowest BCUT2D eigenvalue weighted by atomic mass is 9.92. The molecule has 0 unspecified atom stereocenters. The Morgan fingerprint density at radius 1 is 1.07 bits per heavy atom. The average molecular weight is 418 g/mol. The molecule has 158 valence electrons. The Morgan fingerprint density at radius 3 is 2.33 bits per heavy atom. The first kappa shape index (κ1) is 21.5. The lowest BCUT2D eigenvalue weighted by Gasteiger charge is -2.20. The van der Waals surface area contributed by atoms with E-state index < -0.39 is 23.1 Å². The van der Waals surface area contributed by atoms with E-state index in [9.17, 15) is 22.8 Å². The zero-order valence-corrected chi connectivity index (χ0v) is 16.7. The first-order valence-corrected chi connectivity index (χ1v) is 9.32. The van der Waals surface area contributed by atoms with E-state index in [-0.39, 0.29) is 24.2 Å². The maximum absolute atomic E-state index is 13.1. The summed E-state index contributed by atoms with van der Waals surface area (Å²) >= 11 is 0. The molecule has 1 aromatic heterocycles. The Kier molecular flexibility index (Phi) is 5.45. The van der Waals surface area contributed by atoms with Gasteiger partial charge in [0.1, 0.15) is 5.69 Å². The van der Waals surface area contributed by atoms with Gasteiger partial charge in [-0.1, -0.05) is 39.0 Å². The van der Waals surface area contributed by atoms with Gasteiger partial charge in [0.2, 0.25) is 0 Å². The van der Waals surface area contributed by atoms with E-state index in [0.29, 0.717) is 22.2 Å². The summed E-state index contributed by atoms with van der Waals surface area (Å²) in [6.45, 7) is 5.43. The van der Waals surface area contributed by atoms with E-state index in [2.05, 4.69) is 4.98 Å². The summed E-state index contributed by atoms with van der Waals surface area (Å²) in [6, 6.07) is 9.79. The minimum atomic E-state index is -4.46. The number of nitrogens with zero attached hydrogens (tertiary/aromatic N) is 2. The third kappa shape index (κ3) is 4.37. The van der Waals surface area contributed by atoms with Crippen LogP contribution >= 0.6 is 0 Å². The van der Waals surface area contributed by atoms with Crippen LogP contribution in [0.2, 0.25) is 0 Å². The van der Waals surface area contributed by atoms with Crippen LogP contribution in [0.25, 0.3) is 22.2 Å². The van der Waals surface area contributed by atoms with Crippen molar-refractivity contribution in [2.45, 2.75) is 45.3 Å². The van der Waals surface area contributed by atoms with E-state index in [1.807, 2.05) is 20.8 Å². The third-order valence-corrected chi connectivity index (χ3v) is 4.73. The van der Waals surface area contributed by atoms with Crippen molar-refractivity contribution in [2.24, 2.45) is 0 Å². The van der Waals surface area contributed by atoms with E-state index in [0.717, 1.165) is 12.1 Å². The van der Waals surface area contributed by atoms with Crippen molar-refractivity contribution >= 4 is 17.0 Å². The fourth-order valence-corrected chi connectivity index (χ4v) is 3.22. The highest BCUT2D eigenvalue weighted by Gasteiger charge is 2.30. The molecule has 30 heavy (non-hydrogen) atoms. The second kappa shape index (κ2) is 7.59. The number of halogens is 3. The molecule has 0 amide bonds. The first-order chi connectivity index (χ1) is 13.9. The lowest BCUT2D eigenvalue weighted by molar-refractivity contribution is -0.138. The Bertz CT molecular complexity index is 1170. The Labute approximate surface area is 170 Å². The van der Waals surface area contributed by atoms with Crippen LogP contribution in [0.3, 0.4) is 0 Å². The largest absolute Gasteiger partial charge is 0.481 e. The number of aliphatic carboxylic acids is 1. The van der Waals surface area contributed by atoms with Gasteiger partial charge in [0, 0.05) is 12.0 Å². The van der Waals surface area contributed by atoms with Gasteiger partial charge < -0.3 is 9.67 Å². The molecule has 5 nitrogen and oxygen atoms in total. The van der Waals surface area contributed by atoms with Gasteiger partial charge in [-0.15, -0.1) is 0 Å². The number of benzene rings is 2. The maximum Gasteiger partial charge on any atom is 0.416 e. The molecule has 3 aromatic rings. The van der Waals surface area contributed by atoms with Gasteiger partial charge in [0.15, 0.2) is 0 Å². The number of carboxylic acid groups (broad SMARTS) is 1. The van der Waals surface area contributed by atoms with Crippen molar-refractivity contribution in [2.75, 3.05) is 0 Å². The van der Waals surface area contributed by atoms with Gasteiger partial charge >= 0.3 is 12.1 Å². The number of aromatic nitrogens is 2. The molecule has 1 N–H and O–H groups in total. The number of alkyl halides is 3. The molecule has 8 heteroatoms. The molecule has 0 fully saturated rings. The van der Waals surface area contributed by atoms with E-state index in [1.54, 1.807) is 24.3 Å². The van der Waals surface area contributed by atoms with Crippen LogP contribution in [0.5, 0.6) is 0 Å². The summed E-state index contributed by atoms with van der Waals surface area (Å²) < 4.78 is 40.6. The number of carboxylic acids is 1. The summed E-state index contributed by atoms with van der Waals surface area (Å²) in [5.41, 5.74) is 0.283. The highest BCUT2D eigenvalue weighted by molar-refractivity contribution is 5.82. The summed E-state index contributed by atoms with van der Waals surface area (Å²) in [7, 11) is 0. The van der Waals surface area contributed by atoms with Crippen LogP contribution in [-0.4, -0.2) is 20.6 Å². The van der Waals surface area contributed by atoms with Gasteiger partial charge in [-0.05, 0) is 35.4 Å². The Morgan fingerprint density at radius 2 is 1.73 bits per heavy atom. The third-order valence-electron chi connectivity index (χ3n) is 4.73.